The van der Waals surface area contributed by atoms with Crippen LogP contribution in [0.4, 0.5) is 10.2 Å². The Kier molecular flexibility index (Phi) is 5.29. The average molecular weight is 474 g/mol. The maximum absolute atomic E-state index is 13.8. The molecule has 0 amide bonds. The maximum atomic E-state index is 13.8. The quantitative estimate of drug-likeness (QED) is 0.373. The first-order valence-electron chi connectivity index (χ1n) is 11.5. The number of fused-ring (bicyclic) bond motifs is 4. The van der Waals surface area contributed by atoms with Gasteiger partial charge in [0.05, 0.1) is 18.8 Å². The van der Waals surface area contributed by atoms with Gasteiger partial charge in [0.15, 0.2) is 5.82 Å². The number of methoxy groups -OCH3 is 1. The van der Waals surface area contributed by atoms with E-state index in [-0.39, 0.29) is 5.82 Å². The van der Waals surface area contributed by atoms with Gasteiger partial charge in [-0.25, -0.2) is 24.1 Å². The van der Waals surface area contributed by atoms with Gasteiger partial charge in [-0.15, -0.1) is 0 Å². The lowest BCUT2D eigenvalue weighted by atomic mass is 10.0. The molecule has 5 aromatic rings. The predicted molar refractivity (Wildman–Crippen MR) is 130 cm³/mol. The Morgan fingerprint density at radius 3 is 2.89 bits per heavy atom. The van der Waals surface area contributed by atoms with Gasteiger partial charge in [-0.1, -0.05) is 0 Å². The zero-order valence-corrected chi connectivity index (χ0v) is 19.0. The normalized spacial score (nSPS) is 14.9. The minimum atomic E-state index is -0.457. The number of benzene rings is 1. The van der Waals surface area contributed by atoms with Gasteiger partial charge in [0.25, 0.3) is 0 Å². The van der Waals surface area contributed by atoms with E-state index in [1.165, 1.54) is 18.2 Å². The number of hydrogen-bond acceptors (Lipinski definition) is 8. The second kappa shape index (κ2) is 8.62. The van der Waals surface area contributed by atoms with Gasteiger partial charge in [-0.05, 0) is 43.2 Å². The Labute approximate surface area is 199 Å². The zero-order chi connectivity index (χ0) is 23.9. The number of aromatic amines is 1. The van der Waals surface area contributed by atoms with Crippen molar-refractivity contribution in [3.63, 3.8) is 0 Å². The number of halogens is 1. The van der Waals surface area contributed by atoms with Crippen molar-refractivity contribution < 1.29 is 13.5 Å². The number of hydrogen-bond donors (Lipinski definition) is 2. The molecule has 9 nitrogen and oxygen atoms in total. The first-order valence-corrected chi connectivity index (χ1v) is 11.5. The van der Waals surface area contributed by atoms with Crippen molar-refractivity contribution in [3.05, 3.63) is 64.7 Å². The summed E-state index contributed by atoms with van der Waals surface area (Å²) in [6.45, 7) is 2.20. The summed E-state index contributed by atoms with van der Waals surface area (Å²) in [6.07, 6.45) is 5.21. The average Bonchev–Trinajstić information content (AvgIpc) is 3.33. The molecule has 178 valence electrons. The Morgan fingerprint density at radius 1 is 1.20 bits per heavy atom. The fourth-order valence-electron chi connectivity index (χ4n) is 4.72. The number of piperidine rings is 1. The van der Waals surface area contributed by atoms with Crippen molar-refractivity contribution in [2.24, 2.45) is 0 Å². The molecule has 10 heteroatoms. The van der Waals surface area contributed by atoms with E-state index in [4.69, 9.17) is 9.15 Å². The van der Waals surface area contributed by atoms with Crippen LogP contribution in [0.5, 0.6) is 5.88 Å². The van der Waals surface area contributed by atoms with E-state index in [9.17, 15) is 9.18 Å². The summed E-state index contributed by atoms with van der Waals surface area (Å²) < 4.78 is 24.3. The van der Waals surface area contributed by atoms with E-state index in [1.54, 1.807) is 19.5 Å². The zero-order valence-electron chi connectivity index (χ0n) is 19.0. The number of pyridine rings is 1. The molecule has 0 atom stereocenters. The summed E-state index contributed by atoms with van der Waals surface area (Å²) in [5.74, 6) is 0.908. The van der Waals surface area contributed by atoms with Crippen LogP contribution in [-0.4, -0.2) is 46.2 Å². The molecule has 1 aromatic carbocycles. The number of nitrogens with one attached hydrogen (secondary N) is 2. The summed E-state index contributed by atoms with van der Waals surface area (Å²) in [4.78, 5) is 31.3. The van der Waals surface area contributed by atoms with E-state index in [2.05, 4.69) is 30.2 Å². The highest BCUT2D eigenvalue weighted by molar-refractivity contribution is 6.03. The Bertz CT molecular complexity index is 1610. The molecule has 0 unspecified atom stereocenters. The number of ether oxygens (including phenoxy) is 1. The molecule has 0 aliphatic carbocycles. The molecule has 0 bridgehead atoms. The summed E-state index contributed by atoms with van der Waals surface area (Å²) in [6, 6.07) is 8.20. The molecule has 1 fully saturated rings. The monoisotopic (exact) mass is 474 g/mol. The van der Waals surface area contributed by atoms with Crippen molar-refractivity contribution >= 4 is 38.7 Å². The lowest BCUT2D eigenvalue weighted by Gasteiger charge is -2.33. The predicted octanol–water partition coefficient (Wildman–Crippen LogP) is 3.52. The fourth-order valence-corrected chi connectivity index (χ4v) is 4.72. The van der Waals surface area contributed by atoms with Crippen LogP contribution in [-0.2, 0) is 6.54 Å². The maximum Gasteiger partial charge on any atom is 0.360 e. The van der Waals surface area contributed by atoms with Gasteiger partial charge in [-0.2, -0.15) is 0 Å². The smallest absolute Gasteiger partial charge is 0.360 e. The van der Waals surface area contributed by atoms with Crippen LogP contribution in [0.2, 0.25) is 0 Å². The minimum absolute atomic E-state index is 0.304. The number of rotatable bonds is 5. The van der Waals surface area contributed by atoms with Gasteiger partial charge in [0, 0.05) is 48.3 Å². The van der Waals surface area contributed by atoms with Crippen LogP contribution in [0.15, 0.2) is 51.9 Å². The molecule has 0 saturated carbocycles. The second-order valence-corrected chi connectivity index (χ2v) is 8.67. The number of anilines is 1. The number of H-pyrrole nitrogens is 1. The minimum Gasteiger partial charge on any atom is -0.480 e. The molecule has 2 N–H and O–H groups in total. The second-order valence-electron chi connectivity index (χ2n) is 8.67. The third kappa shape index (κ3) is 3.95. The Hall–Kier alpha value is -4.05. The van der Waals surface area contributed by atoms with Gasteiger partial charge in [0.2, 0.25) is 5.88 Å². The summed E-state index contributed by atoms with van der Waals surface area (Å²) in [5.41, 5.74) is 2.64. The van der Waals surface area contributed by atoms with E-state index in [0.29, 0.717) is 40.3 Å². The van der Waals surface area contributed by atoms with E-state index >= 15 is 0 Å². The van der Waals surface area contributed by atoms with Crippen molar-refractivity contribution in [2.45, 2.75) is 25.4 Å². The standard InChI is InChI=1S/C25H23FN6O3/c1-34-21-13-29-19-4-7-27-24(23(19)31-21)32-8-5-15(6-9-32)28-12-16-11-18-17-10-14(26)2-3-20(17)35-25(33)22(18)30-16/h2-4,7,10-11,13,15,28,30H,5-6,8-9,12H2,1H3. The largest absolute Gasteiger partial charge is 0.480 e. The van der Waals surface area contributed by atoms with Crippen LogP contribution >= 0.6 is 0 Å². The van der Waals surface area contributed by atoms with Crippen molar-refractivity contribution in [2.75, 3.05) is 25.1 Å². The van der Waals surface area contributed by atoms with Crippen LogP contribution < -0.4 is 20.6 Å². The van der Waals surface area contributed by atoms with Crippen LogP contribution in [0.25, 0.3) is 32.9 Å². The first kappa shape index (κ1) is 21.5. The third-order valence-corrected chi connectivity index (χ3v) is 6.52. The molecule has 35 heavy (non-hydrogen) atoms. The Balaban J connectivity index is 1.16. The van der Waals surface area contributed by atoms with Crippen LogP contribution in [0.1, 0.15) is 18.5 Å². The first-order chi connectivity index (χ1) is 17.1. The van der Waals surface area contributed by atoms with Gasteiger partial charge < -0.3 is 24.4 Å². The third-order valence-electron chi connectivity index (χ3n) is 6.52. The van der Waals surface area contributed by atoms with Crippen LogP contribution in [0.3, 0.4) is 0 Å². The van der Waals surface area contributed by atoms with Gasteiger partial charge in [-0.3, -0.25) is 0 Å². The van der Waals surface area contributed by atoms with E-state index in [1.807, 2.05) is 12.1 Å². The molecular weight excluding hydrogens is 451 g/mol. The topological polar surface area (TPSA) is 109 Å². The molecule has 0 radical (unpaired) electrons. The number of nitrogens with zero attached hydrogens (tertiary/aromatic N) is 4. The van der Waals surface area contributed by atoms with Gasteiger partial charge in [0.1, 0.15) is 22.4 Å². The molecule has 4 aromatic heterocycles. The van der Waals surface area contributed by atoms with Crippen LogP contribution in [0, 0.1) is 5.82 Å². The lowest BCUT2D eigenvalue weighted by Crippen LogP contribution is -2.42. The van der Waals surface area contributed by atoms with Crippen molar-refractivity contribution in [3.8, 4) is 5.88 Å². The molecule has 1 aliphatic rings. The van der Waals surface area contributed by atoms with E-state index in [0.717, 1.165) is 48.5 Å². The highest BCUT2D eigenvalue weighted by Gasteiger charge is 2.22. The number of aromatic nitrogens is 4. The molecular formula is C25H23FN6O3. The summed E-state index contributed by atoms with van der Waals surface area (Å²) >= 11 is 0. The fraction of sp³-hybridized carbons (Fsp3) is 0.280. The van der Waals surface area contributed by atoms with Crippen molar-refractivity contribution in [1.82, 2.24) is 25.3 Å². The summed E-state index contributed by atoms with van der Waals surface area (Å²) in [5, 5.41) is 4.82. The lowest BCUT2D eigenvalue weighted by molar-refractivity contribution is 0.397. The molecule has 6 rings (SSSR count). The molecule has 5 heterocycles. The molecule has 1 aliphatic heterocycles. The summed E-state index contributed by atoms with van der Waals surface area (Å²) in [7, 11) is 1.57. The highest BCUT2D eigenvalue weighted by atomic mass is 19.1. The Morgan fingerprint density at radius 2 is 2.06 bits per heavy atom. The molecule has 0 spiro atoms. The van der Waals surface area contributed by atoms with Crippen molar-refractivity contribution in [1.29, 1.82) is 0 Å². The highest BCUT2D eigenvalue weighted by Crippen LogP contribution is 2.27. The van der Waals surface area contributed by atoms with Gasteiger partial charge >= 0.3 is 5.63 Å². The molecule has 1 saturated heterocycles. The SMILES string of the molecule is COc1cnc2ccnc(N3CCC(NCc4cc5c([nH]4)c(=O)oc4ccc(F)cc45)CC3)c2n1. The van der Waals surface area contributed by atoms with E-state index < -0.39 is 5.63 Å².